The Morgan fingerprint density at radius 2 is 2.33 bits per heavy atom. The second-order valence-corrected chi connectivity index (χ2v) is 5.43. The first kappa shape index (κ1) is 13.7. The molecule has 1 heterocycles. The number of aromatic hydroxyl groups is 1. The van der Waals surface area contributed by atoms with Crippen molar-refractivity contribution in [2.75, 3.05) is 20.1 Å². The molecule has 3 nitrogen and oxygen atoms in total. The maximum Gasteiger partial charge on any atom is 0.117 e. The van der Waals surface area contributed by atoms with E-state index >= 15 is 0 Å². The van der Waals surface area contributed by atoms with Crippen molar-refractivity contribution in [3.63, 3.8) is 0 Å². The SMILES string of the molecule is CN1CCCC1CCNCc1ccc(O)cc1Cl. The Labute approximate surface area is 114 Å². The smallest absolute Gasteiger partial charge is 0.117 e. The first-order valence-electron chi connectivity index (χ1n) is 6.55. The number of likely N-dealkylation sites (tertiary alicyclic amines) is 1. The molecule has 1 saturated heterocycles. The number of rotatable bonds is 5. The van der Waals surface area contributed by atoms with E-state index in [1.54, 1.807) is 12.1 Å². The van der Waals surface area contributed by atoms with Crippen LogP contribution in [0.25, 0.3) is 0 Å². The molecule has 1 aromatic rings. The molecule has 0 radical (unpaired) electrons. The summed E-state index contributed by atoms with van der Waals surface area (Å²) in [6.07, 6.45) is 3.83. The van der Waals surface area contributed by atoms with Crippen LogP contribution >= 0.6 is 11.6 Å². The molecule has 0 bridgehead atoms. The van der Waals surface area contributed by atoms with Crippen LogP contribution < -0.4 is 5.32 Å². The second kappa shape index (κ2) is 6.41. The topological polar surface area (TPSA) is 35.5 Å². The van der Waals surface area contributed by atoms with Crippen molar-refractivity contribution >= 4 is 11.6 Å². The van der Waals surface area contributed by atoms with Gasteiger partial charge in [-0.15, -0.1) is 0 Å². The zero-order valence-corrected chi connectivity index (χ0v) is 11.6. The predicted octanol–water partition coefficient (Wildman–Crippen LogP) is 2.62. The van der Waals surface area contributed by atoms with Gasteiger partial charge in [-0.2, -0.15) is 0 Å². The largest absolute Gasteiger partial charge is 0.508 e. The standard InChI is InChI=1S/C14H21ClN2O/c1-17-8-2-3-12(17)6-7-16-10-11-4-5-13(18)9-14(11)15/h4-5,9,12,16,18H,2-3,6-8,10H2,1H3. The van der Waals surface area contributed by atoms with Crippen LogP contribution in [-0.4, -0.2) is 36.2 Å². The Hall–Kier alpha value is -0.770. The number of phenols is 1. The van der Waals surface area contributed by atoms with Crippen molar-refractivity contribution in [1.29, 1.82) is 0 Å². The Balaban J connectivity index is 1.72. The van der Waals surface area contributed by atoms with Crippen molar-refractivity contribution in [1.82, 2.24) is 10.2 Å². The minimum absolute atomic E-state index is 0.219. The molecule has 0 amide bonds. The maximum atomic E-state index is 9.27. The third-order valence-corrected chi connectivity index (χ3v) is 4.03. The third-order valence-electron chi connectivity index (χ3n) is 3.68. The highest BCUT2D eigenvalue weighted by Crippen LogP contribution is 2.21. The summed E-state index contributed by atoms with van der Waals surface area (Å²) < 4.78 is 0. The molecular formula is C14H21ClN2O. The molecule has 1 aliphatic rings. The molecule has 1 atom stereocenters. The summed E-state index contributed by atoms with van der Waals surface area (Å²) in [5.41, 5.74) is 1.04. The third kappa shape index (κ3) is 3.61. The molecule has 2 rings (SSSR count). The van der Waals surface area contributed by atoms with Gasteiger partial charge in [0.15, 0.2) is 0 Å². The number of halogens is 1. The van der Waals surface area contributed by atoms with Gasteiger partial charge in [0.05, 0.1) is 0 Å². The van der Waals surface area contributed by atoms with Gasteiger partial charge in [0, 0.05) is 17.6 Å². The van der Waals surface area contributed by atoms with Gasteiger partial charge in [-0.25, -0.2) is 0 Å². The zero-order chi connectivity index (χ0) is 13.0. The fourth-order valence-electron chi connectivity index (χ4n) is 2.52. The highest BCUT2D eigenvalue weighted by molar-refractivity contribution is 6.31. The summed E-state index contributed by atoms with van der Waals surface area (Å²) in [5, 5.41) is 13.3. The van der Waals surface area contributed by atoms with Crippen molar-refractivity contribution in [2.45, 2.75) is 31.8 Å². The first-order valence-corrected chi connectivity index (χ1v) is 6.93. The quantitative estimate of drug-likeness (QED) is 0.806. The highest BCUT2D eigenvalue weighted by atomic mass is 35.5. The molecule has 1 aliphatic heterocycles. The van der Waals surface area contributed by atoms with Crippen molar-refractivity contribution in [3.05, 3.63) is 28.8 Å². The monoisotopic (exact) mass is 268 g/mol. The summed E-state index contributed by atoms with van der Waals surface area (Å²) in [4.78, 5) is 2.44. The van der Waals surface area contributed by atoms with Gasteiger partial charge in [-0.3, -0.25) is 0 Å². The van der Waals surface area contributed by atoms with Crippen LogP contribution in [-0.2, 0) is 6.54 Å². The lowest BCUT2D eigenvalue weighted by molar-refractivity contribution is 0.293. The van der Waals surface area contributed by atoms with Crippen LogP contribution in [0.2, 0.25) is 5.02 Å². The van der Waals surface area contributed by atoms with Gasteiger partial charge < -0.3 is 15.3 Å². The molecule has 0 aliphatic carbocycles. The number of nitrogens with one attached hydrogen (secondary N) is 1. The molecule has 4 heteroatoms. The lowest BCUT2D eigenvalue weighted by Crippen LogP contribution is -2.29. The van der Waals surface area contributed by atoms with E-state index in [1.807, 2.05) is 6.07 Å². The predicted molar refractivity (Wildman–Crippen MR) is 75.1 cm³/mol. The molecule has 0 saturated carbocycles. The van der Waals surface area contributed by atoms with Gasteiger partial charge in [0.1, 0.15) is 5.75 Å². The summed E-state index contributed by atoms with van der Waals surface area (Å²) in [6.45, 7) is 3.00. The van der Waals surface area contributed by atoms with Crippen LogP contribution in [0.15, 0.2) is 18.2 Å². The molecule has 2 N–H and O–H groups in total. The molecule has 1 fully saturated rings. The van der Waals surface area contributed by atoms with E-state index in [0.717, 1.165) is 24.7 Å². The van der Waals surface area contributed by atoms with Crippen LogP contribution in [0.1, 0.15) is 24.8 Å². The van der Waals surface area contributed by atoms with Crippen molar-refractivity contribution < 1.29 is 5.11 Å². The molecular weight excluding hydrogens is 248 g/mol. The van der Waals surface area contributed by atoms with E-state index in [9.17, 15) is 5.11 Å². The van der Waals surface area contributed by atoms with E-state index in [-0.39, 0.29) is 5.75 Å². The normalized spacial score (nSPS) is 20.4. The summed E-state index contributed by atoms with van der Waals surface area (Å²) in [5.74, 6) is 0.219. The van der Waals surface area contributed by atoms with E-state index in [2.05, 4.69) is 17.3 Å². The Morgan fingerprint density at radius 3 is 3.00 bits per heavy atom. The van der Waals surface area contributed by atoms with Crippen molar-refractivity contribution in [2.24, 2.45) is 0 Å². The summed E-state index contributed by atoms with van der Waals surface area (Å²) in [7, 11) is 2.20. The Bertz CT molecular complexity index is 397. The summed E-state index contributed by atoms with van der Waals surface area (Å²) in [6, 6.07) is 5.86. The van der Waals surface area contributed by atoms with Crippen LogP contribution in [0.4, 0.5) is 0 Å². The van der Waals surface area contributed by atoms with Gasteiger partial charge in [0.2, 0.25) is 0 Å². The van der Waals surface area contributed by atoms with Gasteiger partial charge in [-0.05, 0) is 57.1 Å². The minimum Gasteiger partial charge on any atom is -0.508 e. The fraction of sp³-hybridized carbons (Fsp3) is 0.571. The first-order chi connectivity index (χ1) is 8.66. The van der Waals surface area contributed by atoms with Crippen LogP contribution in [0.3, 0.4) is 0 Å². The minimum atomic E-state index is 0.219. The Kier molecular flexibility index (Phi) is 4.87. The zero-order valence-electron chi connectivity index (χ0n) is 10.8. The summed E-state index contributed by atoms with van der Waals surface area (Å²) >= 11 is 6.05. The second-order valence-electron chi connectivity index (χ2n) is 5.02. The molecule has 0 aromatic heterocycles. The maximum absolute atomic E-state index is 9.27. The van der Waals surface area contributed by atoms with Gasteiger partial charge in [-0.1, -0.05) is 17.7 Å². The molecule has 18 heavy (non-hydrogen) atoms. The Morgan fingerprint density at radius 1 is 1.50 bits per heavy atom. The van der Waals surface area contributed by atoms with Gasteiger partial charge in [0.25, 0.3) is 0 Å². The number of benzene rings is 1. The molecule has 1 aromatic carbocycles. The lowest BCUT2D eigenvalue weighted by Gasteiger charge is -2.19. The fourth-order valence-corrected chi connectivity index (χ4v) is 2.76. The van der Waals surface area contributed by atoms with Crippen molar-refractivity contribution in [3.8, 4) is 5.75 Å². The number of phenolic OH excluding ortho intramolecular Hbond substituents is 1. The molecule has 100 valence electrons. The van der Waals surface area contributed by atoms with E-state index in [0.29, 0.717) is 5.02 Å². The highest BCUT2D eigenvalue weighted by Gasteiger charge is 2.19. The lowest BCUT2D eigenvalue weighted by atomic mass is 10.1. The number of nitrogens with zero attached hydrogens (tertiary/aromatic N) is 1. The van der Waals surface area contributed by atoms with Crippen LogP contribution in [0, 0.1) is 0 Å². The number of hydrogen-bond donors (Lipinski definition) is 2. The molecule has 0 spiro atoms. The number of hydrogen-bond acceptors (Lipinski definition) is 3. The van der Waals surface area contributed by atoms with E-state index in [1.165, 1.54) is 25.8 Å². The average molecular weight is 269 g/mol. The van der Waals surface area contributed by atoms with Crippen LogP contribution in [0.5, 0.6) is 5.75 Å². The average Bonchev–Trinajstić information content (AvgIpc) is 2.73. The van der Waals surface area contributed by atoms with Gasteiger partial charge >= 0.3 is 0 Å². The molecule has 1 unspecified atom stereocenters. The van der Waals surface area contributed by atoms with E-state index < -0.39 is 0 Å². The van der Waals surface area contributed by atoms with E-state index in [4.69, 9.17) is 11.6 Å².